The minimum Gasteiger partial charge on any atom is -0.391 e. The summed E-state index contributed by atoms with van der Waals surface area (Å²) in [6.07, 6.45) is -0.331. The Kier molecular flexibility index (Phi) is 3.90. The van der Waals surface area contributed by atoms with Gasteiger partial charge in [0, 0.05) is 17.3 Å². The lowest BCUT2D eigenvalue weighted by molar-refractivity contribution is -0.121. The molecule has 0 radical (unpaired) electrons. The number of aliphatic hydroxyl groups excluding tert-OH is 1. The Morgan fingerprint density at radius 1 is 0.964 bits per heavy atom. The van der Waals surface area contributed by atoms with Crippen LogP contribution in [-0.4, -0.2) is 34.6 Å². The molecule has 1 N–H and O–H groups in total. The number of nitrogens with zero attached hydrogens (tertiary/aromatic N) is 3. The Labute approximate surface area is 163 Å². The molecule has 0 bridgehead atoms. The highest BCUT2D eigenvalue weighted by Crippen LogP contribution is 2.44. The first kappa shape index (κ1) is 16.9. The lowest BCUT2D eigenvalue weighted by atomic mass is 10.0. The van der Waals surface area contributed by atoms with Crippen LogP contribution in [-0.2, 0) is 4.79 Å². The van der Waals surface area contributed by atoms with E-state index in [4.69, 9.17) is 0 Å². The molecule has 3 aromatic carbocycles. The van der Waals surface area contributed by atoms with E-state index in [2.05, 4.69) is 11.0 Å². The summed E-state index contributed by atoms with van der Waals surface area (Å²) in [5.74, 6) is -0.0892. The molecular weight excluding hydrogens is 350 g/mol. The van der Waals surface area contributed by atoms with Crippen molar-refractivity contribution in [3.05, 3.63) is 77.9 Å². The van der Waals surface area contributed by atoms with E-state index in [1.807, 2.05) is 60.7 Å². The number of hydrogen-bond donors (Lipinski definition) is 1. The zero-order valence-electron chi connectivity index (χ0n) is 15.2. The van der Waals surface area contributed by atoms with Gasteiger partial charge in [-0.25, -0.2) is 0 Å². The van der Waals surface area contributed by atoms with Crippen molar-refractivity contribution in [2.45, 2.75) is 24.7 Å². The Balaban J connectivity index is 1.73. The SMILES string of the molecule is N#Cc1ccc(N2C(=O)[C@@H]3[C@@H](O)CCN3[C@@H]2c2ccccc2)c2ccccc12. The van der Waals surface area contributed by atoms with Gasteiger partial charge in [0.2, 0.25) is 5.91 Å². The van der Waals surface area contributed by atoms with Gasteiger partial charge >= 0.3 is 0 Å². The van der Waals surface area contributed by atoms with Crippen molar-refractivity contribution < 1.29 is 9.90 Å². The van der Waals surface area contributed by atoms with Crippen molar-refractivity contribution in [1.82, 2.24) is 4.90 Å². The van der Waals surface area contributed by atoms with E-state index in [1.54, 1.807) is 11.0 Å². The van der Waals surface area contributed by atoms with Crippen molar-refractivity contribution in [3.8, 4) is 6.07 Å². The smallest absolute Gasteiger partial charge is 0.248 e. The summed E-state index contributed by atoms with van der Waals surface area (Å²) in [4.78, 5) is 17.3. The van der Waals surface area contributed by atoms with Crippen molar-refractivity contribution in [1.29, 1.82) is 5.26 Å². The van der Waals surface area contributed by atoms with Crippen LogP contribution >= 0.6 is 0 Å². The number of carbonyl (C=O) groups excluding carboxylic acids is 1. The highest BCUT2D eigenvalue weighted by atomic mass is 16.3. The average Bonchev–Trinajstić information content (AvgIpc) is 3.26. The predicted molar refractivity (Wildman–Crippen MR) is 106 cm³/mol. The third-order valence-electron chi connectivity index (χ3n) is 5.83. The van der Waals surface area contributed by atoms with Crippen LogP contribution in [0.2, 0.25) is 0 Å². The van der Waals surface area contributed by atoms with Crippen LogP contribution in [0.25, 0.3) is 10.8 Å². The van der Waals surface area contributed by atoms with Gasteiger partial charge in [0.1, 0.15) is 12.2 Å². The second-order valence-electron chi connectivity index (χ2n) is 7.32. The number of hydrogen-bond acceptors (Lipinski definition) is 4. The van der Waals surface area contributed by atoms with E-state index in [0.29, 0.717) is 18.5 Å². The molecule has 2 aliphatic heterocycles. The van der Waals surface area contributed by atoms with Crippen molar-refractivity contribution in [3.63, 3.8) is 0 Å². The monoisotopic (exact) mass is 369 g/mol. The quantitative estimate of drug-likeness (QED) is 0.753. The summed E-state index contributed by atoms with van der Waals surface area (Å²) in [6.45, 7) is 0.668. The summed E-state index contributed by atoms with van der Waals surface area (Å²) in [5, 5.41) is 21.6. The van der Waals surface area contributed by atoms with Gasteiger partial charge in [0.05, 0.1) is 23.4 Å². The van der Waals surface area contributed by atoms with E-state index in [1.165, 1.54) is 0 Å². The fraction of sp³-hybridized carbons (Fsp3) is 0.217. The number of fused-ring (bicyclic) bond motifs is 2. The normalized spacial score (nSPS) is 24.5. The lowest BCUT2D eigenvalue weighted by Gasteiger charge is -2.30. The number of anilines is 1. The molecule has 5 nitrogen and oxygen atoms in total. The third-order valence-corrected chi connectivity index (χ3v) is 5.83. The van der Waals surface area contributed by atoms with Crippen molar-refractivity contribution in [2.75, 3.05) is 11.4 Å². The Morgan fingerprint density at radius 3 is 2.43 bits per heavy atom. The van der Waals surface area contributed by atoms with E-state index in [9.17, 15) is 15.2 Å². The number of nitriles is 1. The lowest BCUT2D eigenvalue weighted by Crippen LogP contribution is -2.36. The first-order chi connectivity index (χ1) is 13.7. The molecule has 0 unspecified atom stereocenters. The minimum atomic E-state index is -0.659. The molecule has 5 heteroatoms. The highest BCUT2D eigenvalue weighted by molar-refractivity contribution is 6.08. The number of amides is 1. The molecule has 1 amide bonds. The van der Waals surface area contributed by atoms with Crippen molar-refractivity contribution >= 4 is 22.4 Å². The van der Waals surface area contributed by atoms with Crippen LogP contribution in [0, 0.1) is 11.3 Å². The predicted octanol–water partition coefficient (Wildman–Crippen LogP) is 3.19. The van der Waals surface area contributed by atoms with Crippen LogP contribution in [0.4, 0.5) is 5.69 Å². The van der Waals surface area contributed by atoms with E-state index in [0.717, 1.165) is 22.0 Å². The molecule has 2 heterocycles. The molecule has 3 aromatic rings. The molecule has 0 spiro atoms. The molecule has 0 saturated carbocycles. The Bertz CT molecular complexity index is 1110. The number of carbonyl (C=O) groups is 1. The molecule has 0 aromatic heterocycles. The maximum Gasteiger partial charge on any atom is 0.248 e. The average molecular weight is 369 g/mol. The number of benzene rings is 3. The second-order valence-corrected chi connectivity index (χ2v) is 7.32. The van der Waals surface area contributed by atoms with E-state index in [-0.39, 0.29) is 12.1 Å². The largest absolute Gasteiger partial charge is 0.391 e. The summed E-state index contributed by atoms with van der Waals surface area (Å²) in [7, 11) is 0. The zero-order valence-corrected chi connectivity index (χ0v) is 15.2. The summed E-state index contributed by atoms with van der Waals surface area (Å²) in [6, 6.07) is 22.9. The van der Waals surface area contributed by atoms with Gasteiger partial charge in [-0.3, -0.25) is 14.6 Å². The maximum atomic E-state index is 13.4. The van der Waals surface area contributed by atoms with Gasteiger partial charge in [0.25, 0.3) is 0 Å². The second kappa shape index (κ2) is 6.45. The summed E-state index contributed by atoms with van der Waals surface area (Å²) < 4.78 is 0. The molecule has 138 valence electrons. The molecule has 5 rings (SSSR count). The Hall–Kier alpha value is -3.20. The van der Waals surface area contributed by atoms with Crippen LogP contribution in [0.5, 0.6) is 0 Å². The fourth-order valence-electron chi connectivity index (χ4n) is 4.60. The molecular formula is C23H19N3O2. The van der Waals surface area contributed by atoms with Crippen LogP contribution in [0.1, 0.15) is 23.7 Å². The summed E-state index contributed by atoms with van der Waals surface area (Å²) in [5.41, 5.74) is 2.37. The minimum absolute atomic E-state index is 0.0892. The highest BCUT2D eigenvalue weighted by Gasteiger charge is 2.53. The van der Waals surface area contributed by atoms with Crippen LogP contribution in [0.15, 0.2) is 66.7 Å². The van der Waals surface area contributed by atoms with Gasteiger partial charge in [-0.15, -0.1) is 0 Å². The zero-order chi connectivity index (χ0) is 19.3. The molecule has 28 heavy (non-hydrogen) atoms. The van der Waals surface area contributed by atoms with E-state index < -0.39 is 12.1 Å². The van der Waals surface area contributed by atoms with Gasteiger partial charge in [0.15, 0.2) is 0 Å². The molecule has 2 fully saturated rings. The molecule has 2 saturated heterocycles. The van der Waals surface area contributed by atoms with Crippen LogP contribution < -0.4 is 4.90 Å². The standard InChI is InChI=1S/C23H19N3O2/c24-14-16-10-11-19(18-9-5-4-8-17(16)18)26-22(15-6-2-1-3-7-15)25-13-12-20(27)21(25)23(26)28/h1-11,20-22,27H,12-13H2/t20-,21-,22-/m0/s1. The third kappa shape index (κ3) is 2.36. The fourth-order valence-corrected chi connectivity index (χ4v) is 4.60. The van der Waals surface area contributed by atoms with Gasteiger partial charge < -0.3 is 5.11 Å². The maximum absolute atomic E-state index is 13.4. The number of aliphatic hydroxyl groups is 1. The van der Waals surface area contributed by atoms with Crippen LogP contribution in [0.3, 0.4) is 0 Å². The molecule has 2 aliphatic rings. The molecule has 3 atom stereocenters. The first-order valence-electron chi connectivity index (χ1n) is 9.44. The summed E-state index contributed by atoms with van der Waals surface area (Å²) >= 11 is 0. The van der Waals surface area contributed by atoms with Gasteiger partial charge in [-0.05, 0) is 24.1 Å². The first-order valence-corrected chi connectivity index (χ1v) is 9.44. The Morgan fingerprint density at radius 2 is 1.68 bits per heavy atom. The number of rotatable bonds is 2. The topological polar surface area (TPSA) is 67.6 Å². The van der Waals surface area contributed by atoms with E-state index >= 15 is 0 Å². The van der Waals surface area contributed by atoms with Gasteiger partial charge in [-0.1, -0.05) is 54.6 Å². The van der Waals surface area contributed by atoms with Crippen molar-refractivity contribution in [2.24, 2.45) is 0 Å². The van der Waals surface area contributed by atoms with Gasteiger partial charge in [-0.2, -0.15) is 5.26 Å². The molecule has 0 aliphatic carbocycles.